The third-order valence-corrected chi connectivity index (χ3v) is 5.22. The normalized spacial score (nSPS) is 18.3. The number of carbonyl (C=O) groups excluding carboxylic acids is 2. The van der Waals surface area contributed by atoms with Crippen LogP contribution in [0.5, 0.6) is 11.5 Å². The van der Waals surface area contributed by atoms with Gasteiger partial charge in [0, 0.05) is 32.1 Å². The highest BCUT2D eigenvalue weighted by Crippen LogP contribution is 2.32. The van der Waals surface area contributed by atoms with Crippen LogP contribution in [-0.4, -0.2) is 62.0 Å². The van der Waals surface area contributed by atoms with Crippen LogP contribution >= 0.6 is 0 Å². The Kier molecular flexibility index (Phi) is 5.46. The number of amides is 2. The zero-order chi connectivity index (χ0) is 17.8. The second-order valence-corrected chi connectivity index (χ2v) is 6.64. The van der Waals surface area contributed by atoms with E-state index < -0.39 is 0 Å². The summed E-state index contributed by atoms with van der Waals surface area (Å²) in [6.07, 6.45) is 4.34. The Morgan fingerprint density at radius 3 is 2.20 bits per heavy atom. The van der Waals surface area contributed by atoms with Crippen molar-refractivity contribution < 1.29 is 19.1 Å². The molecular weight excluding hydrogens is 320 g/mol. The molecule has 2 aliphatic rings. The van der Waals surface area contributed by atoms with Crippen LogP contribution < -0.4 is 9.47 Å². The molecule has 25 heavy (non-hydrogen) atoms. The van der Waals surface area contributed by atoms with Gasteiger partial charge in [-0.1, -0.05) is 18.9 Å². The maximum atomic E-state index is 12.9. The summed E-state index contributed by atoms with van der Waals surface area (Å²) < 4.78 is 10.6. The van der Waals surface area contributed by atoms with E-state index in [1.807, 2.05) is 4.90 Å². The van der Waals surface area contributed by atoms with E-state index in [1.54, 1.807) is 30.2 Å². The van der Waals surface area contributed by atoms with Crippen molar-refractivity contribution >= 4 is 11.8 Å². The average molecular weight is 346 g/mol. The molecule has 1 saturated carbocycles. The molecule has 2 amide bonds. The number of rotatable bonds is 4. The lowest BCUT2D eigenvalue weighted by molar-refractivity contribution is -0.136. The topological polar surface area (TPSA) is 59.1 Å². The lowest BCUT2D eigenvalue weighted by Crippen LogP contribution is -2.51. The smallest absolute Gasteiger partial charge is 0.257 e. The van der Waals surface area contributed by atoms with Crippen LogP contribution in [0.25, 0.3) is 0 Å². The number of carbonyl (C=O) groups is 2. The lowest BCUT2D eigenvalue weighted by atomic mass is 10.1. The van der Waals surface area contributed by atoms with Gasteiger partial charge in [-0.2, -0.15) is 0 Å². The minimum absolute atomic E-state index is 0.0799. The van der Waals surface area contributed by atoms with Crippen LogP contribution in [0.3, 0.4) is 0 Å². The van der Waals surface area contributed by atoms with Crippen molar-refractivity contribution in [3.05, 3.63) is 23.8 Å². The molecule has 0 unspecified atom stereocenters. The Labute approximate surface area is 148 Å². The molecule has 1 heterocycles. The molecule has 0 aromatic heterocycles. The standard InChI is InChI=1S/C19H26N2O4/c1-24-16-9-5-8-15(17(16)25-2)19(23)21-12-10-20(11-13-21)18(22)14-6-3-4-7-14/h5,8-9,14H,3-4,6-7,10-13H2,1-2H3. The highest BCUT2D eigenvalue weighted by atomic mass is 16.5. The minimum Gasteiger partial charge on any atom is -0.493 e. The van der Waals surface area contributed by atoms with Crippen molar-refractivity contribution in [3.8, 4) is 11.5 Å². The summed E-state index contributed by atoms with van der Waals surface area (Å²) in [6.45, 7) is 2.32. The number of nitrogens with zero attached hydrogens (tertiary/aromatic N) is 2. The van der Waals surface area contributed by atoms with Crippen LogP contribution in [0.4, 0.5) is 0 Å². The molecule has 3 rings (SSSR count). The lowest BCUT2D eigenvalue weighted by Gasteiger charge is -2.36. The van der Waals surface area contributed by atoms with Gasteiger partial charge in [0.05, 0.1) is 19.8 Å². The fraction of sp³-hybridized carbons (Fsp3) is 0.579. The number of hydrogen-bond acceptors (Lipinski definition) is 4. The first-order valence-corrected chi connectivity index (χ1v) is 8.94. The van der Waals surface area contributed by atoms with Crippen molar-refractivity contribution in [2.24, 2.45) is 5.92 Å². The Morgan fingerprint density at radius 1 is 0.960 bits per heavy atom. The maximum absolute atomic E-state index is 12.9. The van der Waals surface area contributed by atoms with Crippen molar-refractivity contribution in [1.29, 1.82) is 0 Å². The summed E-state index contributed by atoms with van der Waals surface area (Å²) in [6, 6.07) is 5.31. The summed E-state index contributed by atoms with van der Waals surface area (Å²) in [4.78, 5) is 29.1. The molecule has 0 spiro atoms. The molecule has 6 heteroatoms. The van der Waals surface area contributed by atoms with Crippen molar-refractivity contribution in [2.45, 2.75) is 25.7 Å². The summed E-state index contributed by atoms with van der Waals surface area (Å²) >= 11 is 0. The molecule has 0 radical (unpaired) electrons. The van der Waals surface area contributed by atoms with Crippen LogP contribution in [0, 0.1) is 5.92 Å². The number of para-hydroxylation sites is 1. The van der Waals surface area contributed by atoms with Crippen molar-refractivity contribution in [3.63, 3.8) is 0 Å². The molecule has 1 aromatic rings. The van der Waals surface area contributed by atoms with Crippen molar-refractivity contribution in [1.82, 2.24) is 9.80 Å². The number of ether oxygens (including phenoxy) is 2. The van der Waals surface area contributed by atoms with Gasteiger partial charge in [-0.15, -0.1) is 0 Å². The fourth-order valence-electron chi connectivity index (χ4n) is 3.79. The van der Waals surface area contributed by atoms with E-state index in [-0.39, 0.29) is 17.7 Å². The van der Waals surface area contributed by atoms with Crippen LogP contribution in [0.2, 0.25) is 0 Å². The Bertz CT molecular complexity index is 632. The highest BCUT2D eigenvalue weighted by Gasteiger charge is 2.31. The van der Waals surface area contributed by atoms with Gasteiger partial charge in [0.25, 0.3) is 5.91 Å². The van der Waals surface area contributed by atoms with Crippen molar-refractivity contribution in [2.75, 3.05) is 40.4 Å². The quantitative estimate of drug-likeness (QED) is 0.838. The Hall–Kier alpha value is -2.24. The second kappa shape index (κ2) is 7.76. The molecule has 0 N–H and O–H groups in total. The van der Waals surface area contributed by atoms with E-state index in [0.29, 0.717) is 43.2 Å². The minimum atomic E-state index is -0.0799. The first-order chi connectivity index (χ1) is 12.2. The zero-order valence-electron chi connectivity index (χ0n) is 15.0. The molecular formula is C19H26N2O4. The maximum Gasteiger partial charge on any atom is 0.257 e. The first kappa shape index (κ1) is 17.6. The van der Waals surface area contributed by atoms with E-state index in [2.05, 4.69) is 0 Å². The van der Waals surface area contributed by atoms with E-state index in [4.69, 9.17) is 9.47 Å². The Morgan fingerprint density at radius 2 is 1.60 bits per heavy atom. The van der Waals surface area contributed by atoms with Gasteiger partial charge >= 0.3 is 0 Å². The molecule has 1 aliphatic heterocycles. The Balaban J connectivity index is 1.65. The molecule has 136 valence electrons. The van der Waals surface area contributed by atoms with Gasteiger partial charge in [-0.3, -0.25) is 9.59 Å². The van der Waals surface area contributed by atoms with Gasteiger partial charge in [-0.25, -0.2) is 0 Å². The summed E-state index contributed by atoms with van der Waals surface area (Å²) in [7, 11) is 3.09. The fourth-order valence-corrected chi connectivity index (χ4v) is 3.79. The van der Waals surface area contributed by atoms with E-state index >= 15 is 0 Å². The third kappa shape index (κ3) is 3.57. The number of piperazine rings is 1. The van der Waals surface area contributed by atoms with E-state index in [0.717, 1.165) is 25.7 Å². The third-order valence-electron chi connectivity index (χ3n) is 5.22. The van der Waals surface area contributed by atoms with Crippen LogP contribution in [0.1, 0.15) is 36.0 Å². The molecule has 0 bridgehead atoms. The number of hydrogen-bond donors (Lipinski definition) is 0. The average Bonchev–Trinajstić information content (AvgIpc) is 3.21. The summed E-state index contributed by atoms with van der Waals surface area (Å²) in [5.74, 6) is 1.39. The predicted octanol–water partition coefficient (Wildman–Crippen LogP) is 2.18. The largest absolute Gasteiger partial charge is 0.493 e. The SMILES string of the molecule is COc1cccc(C(=O)N2CCN(C(=O)C3CCCC3)CC2)c1OC. The van der Waals surface area contributed by atoms with Crippen LogP contribution in [0.15, 0.2) is 18.2 Å². The molecule has 1 aliphatic carbocycles. The van der Waals surface area contributed by atoms with Gasteiger partial charge in [-0.05, 0) is 25.0 Å². The van der Waals surface area contributed by atoms with E-state index in [1.165, 1.54) is 7.11 Å². The molecule has 0 atom stereocenters. The van der Waals surface area contributed by atoms with Gasteiger partial charge in [0.1, 0.15) is 0 Å². The van der Waals surface area contributed by atoms with Gasteiger partial charge in [0.2, 0.25) is 5.91 Å². The summed E-state index contributed by atoms with van der Waals surface area (Å²) in [5.41, 5.74) is 0.498. The first-order valence-electron chi connectivity index (χ1n) is 8.94. The second-order valence-electron chi connectivity index (χ2n) is 6.64. The summed E-state index contributed by atoms with van der Waals surface area (Å²) in [5, 5.41) is 0. The molecule has 2 fully saturated rings. The molecule has 1 saturated heterocycles. The highest BCUT2D eigenvalue weighted by molar-refractivity contribution is 5.98. The monoisotopic (exact) mass is 346 g/mol. The predicted molar refractivity (Wildman–Crippen MR) is 94.0 cm³/mol. The van der Waals surface area contributed by atoms with Gasteiger partial charge < -0.3 is 19.3 Å². The zero-order valence-corrected chi connectivity index (χ0v) is 15.0. The van der Waals surface area contributed by atoms with Crippen LogP contribution in [-0.2, 0) is 4.79 Å². The van der Waals surface area contributed by atoms with Gasteiger partial charge in [0.15, 0.2) is 11.5 Å². The molecule has 1 aromatic carbocycles. The number of methoxy groups -OCH3 is 2. The van der Waals surface area contributed by atoms with E-state index in [9.17, 15) is 9.59 Å². The number of benzene rings is 1. The molecule has 6 nitrogen and oxygen atoms in total.